The van der Waals surface area contributed by atoms with Crippen molar-refractivity contribution in [1.82, 2.24) is 9.78 Å². The van der Waals surface area contributed by atoms with Crippen molar-refractivity contribution in [2.75, 3.05) is 0 Å². The SMILES string of the molecule is Fc1cc(F)cc(Cn2ccc(I)n2)c1. The average Bonchev–Trinajstić information content (AvgIpc) is 2.49. The molecule has 0 aliphatic rings. The van der Waals surface area contributed by atoms with E-state index in [-0.39, 0.29) is 0 Å². The van der Waals surface area contributed by atoms with E-state index >= 15 is 0 Å². The van der Waals surface area contributed by atoms with Crippen LogP contribution in [0.4, 0.5) is 8.78 Å². The van der Waals surface area contributed by atoms with Crippen molar-refractivity contribution in [3.63, 3.8) is 0 Å². The summed E-state index contributed by atoms with van der Waals surface area (Å²) >= 11 is 2.08. The quantitative estimate of drug-likeness (QED) is 0.778. The van der Waals surface area contributed by atoms with Crippen LogP contribution in [0.5, 0.6) is 0 Å². The highest BCUT2D eigenvalue weighted by Gasteiger charge is 2.02. The van der Waals surface area contributed by atoms with Gasteiger partial charge in [0.1, 0.15) is 15.3 Å². The standard InChI is InChI=1S/C10H7F2IN2/c11-8-3-7(4-9(12)5-8)6-15-2-1-10(13)14-15/h1-5H,6H2. The lowest BCUT2D eigenvalue weighted by atomic mass is 10.2. The van der Waals surface area contributed by atoms with Gasteiger partial charge < -0.3 is 0 Å². The lowest BCUT2D eigenvalue weighted by Gasteiger charge is -2.02. The van der Waals surface area contributed by atoms with Gasteiger partial charge in [-0.1, -0.05) is 0 Å². The van der Waals surface area contributed by atoms with Gasteiger partial charge in [-0.2, -0.15) is 5.10 Å². The molecule has 2 aromatic rings. The summed E-state index contributed by atoms with van der Waals surface area (Å²) in [7, 11) is 0. The van der Waals surface area contributed by atoms with Gasteiger partial charge in [-0.25, -0.2) is 8.78 Å². The minimum Gasteiger partial charge on any atom is -0.267 e. The highest BCUT2D eigenvalue weighted by molar-refractivity contribution is 14.1. The first-order valence-corrected chi connectivity index (χ1v) is 5.35. The monoisotopic (exact) mass is 320 g/mol. The normalized spacial score (nSPS) is 10.6. The second-order valence-electron chi connectivity index (χ2n) is 3.11. The zero-order chi connectivity index (χ0) is 10.8. The molecule has 1 heterocycles. The molecule has 2 rings (SSSR count). The van der Waals surface area contributed by atoms with Crippen LogP contribution in [-0.2, 0) is 6.54 Å². The largest absolute Gasteiger partial charge is 0.267 e. The molecule has 0 saturated carbocycles. The number of benzene rings is 1. The molecule has 1 aromatic carbocycles. The third-order valence-electron chi connectivity index (χ3n) is 1.88. The number of rotatable bonds is 2. The lowest BCUT2D eigenvalue weighted by molar-refractivity contribution is 0.574. The van der Waals surface area contributed by atoms with Gasteiger partial charge >= 0.3 is 0 Å². The van der Waals surface area contributed by atoms with Crippen LogP contribution in [0.15, 0.2) is 30.5 Å². The summed E-state index contributed by atoms with van der Waals surface area (Å²) in [5, 5.41) is 4.12. The van der Waals surface area contributed by atoms with E-state index in [0.29, 0.717) is 12.1 Å². The Labute approximate surface area is 99.1 Å². The zero-order valence-electron chi connectivity index (χ0n) is 7.62. The van der Waals surface area contributed by atoms with Crippen molar-refractivity contribution in [3.8, 4) is 0 Å². The van der Waals surface area contributed by atoms with Crippen molar-refractivity contribution in [3.05, 3.63) is 51.4 Å². The molecule has 0 unspecified atom stereocenters. The van der Waals surface area contributed by atoms with Crippen LogP contribution in [0.3, 0.4) is 0 Å². The Morgan fingerprint density at radius 2 is 1.87 bits per heavy atom. The van der Waals surface area contributed by atoms with Crippen LogP contribution in [0.25, 0.3) is 0 Å². The average molecular weight is 320 g/mol. The summed E-state index contributed by atoms with van der Waals surface area (Å²) in [6, 6.07) is 5.29. The highest BCUT2D eigenvalue weighted by Crippen LogP contribution is 2.10. The summed E-state index contributed by atoms with van der Waals surface area (Å²) in [4.78, 5) is 0. The fourth-order valence-corrected chi connectivity index (χ4v) is 1.75. The number of nitrogens with zero attached hydrogens (tertiary/aromatic N) is 2. The van der Waals surface area contributed by atoms with Crippen LogP contribution in [0.2, 0.25) is 0 Å². The van der Waals surface area contributed by atoms with Crippen molar-refractivity contribution in [1.29, 1.82) is 0 Å². The third-order valence-corrected chi connectivity index (χ3v) is 2.45. The van der Waals surface area contributed by atoms with E-state index in [0.717, 1.165) is 9.77 Å². The minimum atomic E-state index is -0.563. The second-order valence-corrected chi connectivity index (χ2v) is 4.22. The molecule has 0 bridgehead atoms. The Hall–Kier alpha value is -0.980. The number of halogens is 3. The smallest absolute Gasteiger partial charge is 0.126 e. The maximum Gasteiger partial charge on any atom is 0.126 e. The summed E-state index contributed by atoms with van der Waals surface area (Å²) < 4.78 is 28.2. The molecular weight excluding hydrogens is 313 g/mol. The van der Waals surface area contributed by atoms with E-state index in [4.69, 9.17) is 0 Å². The zero-order valence-corrected chi connectivity index (χ0v) is 9.78. The summed E-state index contributed by atoms with van der Waals surface area (Å²) in [6.45, 7) is 0.373. The van der Waals surface area contributed by atoms with Gasteiger partial charge in [0.05, 0.1) is 6.54 Å². The molecule has 0 spiro atoms. The van der Waals surface area contributed by atoms with E-state index in [1.54, 1.807) is 10.9 Å². The maximum absolute atomic E-state index is 12.9. The molecule has 0 atom stereocenters. The van der Waals surface area contributed by atoms with Crippen molar-refractivity contribution in [2.45, 2.75) is 6.54 Å². The van der Waals surface area contributed by atoms with Gasteiger partial charge in [0, 0.05) is 12.3 Å². The summed E-state index contributed by atoms with van der Waals surface area (Å²) in [6.07, 6.45) is 1.77. The third kappa shape index (κ3) is 2.74. The van der Waals surface area contributed by atoms with E-state index in [2.05, 4.69) is 27.7 Å². The van der Waals surface area contributed by atoms with Crippen LogP contribution < -0.4 is 0 Å². The molecule has 0 N–H and O–H groups in total. The van der Waals surface area contributed by atoms with Crippen molar-refractivity contribution < 1.29 is 8.78 Å². The Balaban J connectivity index is 2.24. The molecule has 0 amide bonds. The van der Waals surface area contributed by atoms with Crippen LogP contribution in [0, 0.1) is 15.3 Å². The fraction of sp³-hybridized carbons (Fsp3) is 0.100. The predicted molar refractivity (Wildman–Crippen MR) is 60.4 cm³/mol. The molecule has 78 valence electrons. The molecule has 1 aromatic heterocycles. The second kappa shape index (κ2) is 4.26. The van der Waals surface area contributed by atoms with E-state index in [1.165, 1.54) is 12.1 Å². The molecule has 0 aliphatic carbocycles. The fourth-order valence-electron chi connectivity index (χ4n) is 1.31. The maximum atomic E-state index is 12.9. The topological polar surface area (TPSA) is 17.8 Å². The molecule has 0 aliphatic heterocycles. The van der Waals surface area contributed by atoms with Gasteiger partial charge in [-0.15, -0.1) is 0 Å². The molecule has 0 radical (unpaired) electrons. The molecule has 0 fully saturated rings. The van der Waals surface area contributed by atoms with Crippen LogP contribution >= 0.6 is 22.6 Å². The van der Waals surface area contributed by atoms with Crippen molar-refractivity contribution in [2.24, 2.45) is 0 Å². The molecular formula is C10H7F2IN2. The first-order chi connectivity index (χ1) is 7.13. The lowest BCUT2D eigenvalue weighted by Crippen LogP contribution is -2.01. The number of hydrogen-bond acceptors (Lipinski definition) is 1. The Bertz CT molecular complexity index is 462. The number of hydrogen-bond donors (Lipinski definition) is 0. The minimum absolute atomic E-state index is 0.373. The van der Waals surface area contributed by atoms with Gasteiger partial charge in [0.2, 0.25) is 0 Å². The molecule has 5 heteroatoms. The Morgan fingerprint density at radius 3 is 2.40 bits per heavy atom. The Morgan fingerprint density at radius 1 is 1.20 bits per heavy atom. The summed E-state index contributed by atoms with van der Waals surface area (Å²) in [5.41, 5.74) is 0.562. The van der Waals surface area contributed by atoms with Gasteiger partial charge in [0.25, 0.3) is 0 Å². The molecule has 0 saturated heterocycles. The van der Waals surface area contributed by atoms with Gasteiger partial charge in [0.15, 0.2) is 0 Å². The van der Waals surface area contributed by atoms with Gasteiger partial charge in [-0.05, 0) is 46.4 Å². The van der Waals surface area contributed by atoms with E-state index < -0.39 is 11.6 Å². The molecule has 15 heavy (non-hydrogen) atoms. The first kappa shape index (κ1) is 10.5. The highest BCUT2D eigenvalue weighted by atomic mass is 127. The van der Waals surface area contributed by atoms with Gasteiger partial charge in [-0.3, -0.25) is 4.68 Å². The van der Waals surface area contributed by atoms with E-state index in [9.17, 15) is 8.78 Å². The predicted octanol–water partition coefficient (Wildman–Crippen LogP) is 2.81. The van der Waals surface area contributed by atoms with Crippen LogP contribution in [-0.4, -0.2) is 9.78 Å². The van der Waals surface area contributed by atoms with E-state index in [1.807, 2.05) is 6.07 Å². The van der Waals surface area contributed by atoms with Crippen LogP contribution in [0.1, 0.15) is 5.56 Å². The van der Waals surface area contributed by atoms with Crippen molar-refractivity contribution >= 4 is 22.6 Å². The first-order valence-electron chi connectivity index (χ1n) is 4.27. The summed E-state index contributed by atoms with van der Waals surface area (Å²) in [5.74, 6) is -1.13. The number of aromatic nitrogens is 2. The Kier molecular flexibility index (Phi) is 2.99. The molecule has 2 nitrogen and oxygen atoms in total.